The normalized spacial score (nSPS) is 19.1. The van der Waals surface area contributed by atoms with Crippen molar-refractivity contribution < 1.29 is 27.5 Å². The van der Waals surface area contributed by atoms with Gasteiger partial charge in [-0.3, -0.25) is 14.3 Å². The van der Waals surface area contributed by atoms with Crippen LogP contribution in [0, 0.1) is 12.3 Å². The van der Waals surface area contributed by atoms with E-state index in [0.717, 1.165) is 37.5 Å². The number of aryl methyl sites for hydroxylation is 3. The molecule has 1 saturated heterocycles. The molecule has 202 valence electrons. The van der Waals surface area contributed by atoms with Crippen LogP contribution < -0.4 is 4.74 Å². The number of para-hydroxylation sites is 1. The Morgan fingerprint density at radius 1 is 1.11 bits per heavy atom. The van der Waals surface area contributed by atoms with E-state index in [-0.39, 0.29) is 24.8 Å². The summed E-state index contributed by atoms with van der Waals surface area (Å²) >= 11 is 0. The summed E-state index contributed by atoms with van der Waals surface area (Å²) in [5.41, 5.74) is 0.0913. The molecule has 0 bridgehead atoms. The number of carbonyl (C=O) groups excluding carboxylic acids is 2. The zero-order valence-corrected chi connectivity index (χ0v) is 21.5. The van der Waals surface area contributed by atoms with Gasteiger partial charge in [-0.25, -0.2) is 0 Å². The molecule has 0 saturated carbocycles. The molecule has 1 aromatic carbocycles. The number of carbonyl (C=O) groups is 2. The Morgan fingerprint density at radius 2 is 1.84 bits per heavy atom. The van der Waals surface area contributed by atoms with Gasteiger partial charge in [0.25, 0.3) is 0 Å². The van der Waals surface area contributed by atoms with Crippen LogP contribution in [0.4, 0.5) is 13.2 Å². The van der Waals surface area contributed by atoms with Gasteiger partial charge >= 0.3 is 6.18 Å². The molecule has 1 aromatic heterocycles. The second-order valence-corrected chi connectivity index (χ2v) is 10.2. The van der Waals surface area contributed by atoms with Crippen LogP contribution in [0.15, 0.2) is 30.3 Å². The average Bonchev–Trinajstić information content (AvgIpc) is 3.26. The van der Waals surface area contributed by atoms with E-state index in [0.29, 0.717) is 44.8 Å². The minimum absolute atomic E-state index is 0.0669. The number of hydrogen-bond donors (Lipinski definition) is 0. The van der Waals surface area contributed by atoms with Crippen molar-refractivity contribution in [3.63, 3.8) is 0 Å². The molecule has 3 heterocycles. The lowest BCUT2D eigenvalue weighted by Gasteiger charge is -2.43. The van der Waals surface area contributed by atoms with E-state index in [1.54, 1.807) is 16.7 Å². The fourth-order valence-electron chi connectivity index (χ4n) is 5.42. The number of likely N-dealkylation sites (N-methyl/N-ethyl adjacent to an activating group) is 1. The predicted octanol–water partition coefficient (Wildman–Crippen LogP) is 4.47. The monoisotopic (exact) mass is 520 g/mol. The molecule has 0 atom stereocenters. The minimum atomic E-state index is -4.51. The Hall–Kier alpha value is -3.04. The summed E-state index contributed by atoms with van der Waals surface area (Å²) in [5.74, 6) is 0.853. The lowest BCUT2D eigenvalue weighted by atomic mass is 9.73. The van der Waals surface area contributed by atoms with Gasteiger partial charge in [0.05, 0.1) is 12.0 Å². The summed E-state index contributed by atoms with van der Waals surface area (Å²) in [6.45, 7) is 3.47. The summed E-state index contributed by atoms with van der Waals surface area (Å²) in [6, 6.07) is 9.02. The summed E-state index contributed by atoms with van der Waals surface area (Å²) < 4.78 is 46.0. The Labute approximate surface area is 215 Å². The maximum Gasteiger partial charge on any atom is 0.435 e. The fraction of sp³-hybridized carbons (Fsp3) is 0.593. The van der Waals surface area contributed by atoms with Crippen LogP contribution in [0.1, 0.15) is 55.5 Å². The summed E-state index contributed by atoms with van der Waals surface area (Å²) in [5, 5.41) is 3.61. The molecule has 37 heavy (non-hydrogen) atoms. The summed E-state index contributed by atoms with van der Waals surface area (Å²) in [4.78, 5) is 29.9. The van der Waals surface area contributed by atoms with Crippen molar-refractivity contribution >= 4 is 11.8 Å². The predicted molar refractivity (Wildman–Crippen MR) is 132 cm³/mol. The molecule has 2 aliphatic rings. The smallest absolute Gasteiger partial charge is 0.435 e. The molecule has 0 N–H and O–H groups in total. The number of alkyl halides is 3. The first-order chi connectivity index (χ1) is 17.6. The molecule has 1 fully saturated rings. The number of amides is 2. The highest BCUT2D eigenvalue weighted by molar-refractivity contribution is 5.83. The summed E-state index contributed by atoms with van der Waals surface area (Å²) in [7, 11) is 1.81. The van der Waals surface area contributed by atoms with Crippen LogP contribution >= 0.6 is 0 Å². The first-order valence-electron chi connectivity index (χ1n) is 12.9. The molecule has 2 aliphatic heterocycles. The van der Waals surface area contributed by atoms with E-state index < -0.39 is 17.3 Å². The molecule has 0 unspecified atom stereocenters. The van der Waals surface area contributed by atoms with Crippen molar-refractivity contribution in [2.24, 2.45) is 5.41 Å². The maximum absolute atomic E-state index is 13.6. The second-order valence-electron chi connectivity index (χ2n) is 10.2. The largest absolute Gasteiger partial charge is 0.491 e. The molecule has 7 nitrogen and oxygen atoms in total. The number of hydrogen-bond acceptors (Lipinski definition) is 4. The van der Waals surface area contributed by atoms with E-state index in [2.05, 4.69) is 11.2 Å². The molecule has 0 aliphatic carbocycles. The molecule has 2 amide bonds. The van der Waals surface area contributed by atoms with Gasteiger partial charge in [0.2, 0.25) is 11.8 Å². The zero-order chi connectivity index (χ0) is 26.6. The molecule has 4 rings (SSSR count). The molecule has 0 radical (unpaired) electrons. The zero-order valence-electron chi connectivity index (χ0n) is 21.5. The quantitative estimate of drug-likeness (QED) is 0.599. The number of aromatic nitrogens is 2. The first-order valence-corrected chi connectivity index (χ1v) is 12.9. The van der Waals surface area contributed by atoms with E-state index in [1.807, 2.05) is 25.2 Å². The number of rotatable bonds is 3. The van der Waals surface area contributed by atoms with Gasteiger partial charge in [0, 0.05) is 38.8 Å². The molecular formula is C27H35F3N4O3. The SMILES string of the molecule is Cc1cc(C(F)(F)F)nn1CCC(=O)N1CCC2(CCCCc3ccccc3OCCN(C)C2=O)CC1. The topological polar surface area (TPSA) is 67.7 Å². The van der Waals surface area contributed by atoms with Crippen LogP contribution in [-0.2, 0) is 28.7 Å². The Balaban J connectivity index is 1.36. The second kappa shape index (κ2) is 11.1. The van der Waals surface area contributed by atoms with Crippen LogP contribution in [-0.4, -0.2) is 64.7 Å². The van der Waals surface area contributed by atoms with E-state index in [1.165, 1.54) is 10.2 Å². The fourth-order valence-corrected chi connectivity index (χ4v) is 5.42. The van der Waals surface area contributed by atoms with E-state index >= 15 is 0 Å². The molecular weight excluding hydrogens is 485 g/mol. The lowest BCUT2D eigenvalue weighted by molar-refractivity contribution is -0.148. The van der Waals surface area contributed by atoms with Crippen molar-refractivity contribution in [3.8, 4) is 5.75 Å². The Morgan fingerprint density at radius 3 is 2.54 bits per heavy atom. The number of nitrogens with zero attached hydrogens (tertiary/aromatic N) is 4. The van der Waals surface area contributed by atoms with Crippen molar-refractivity contribution in [1.82, 2.24) is 19.6 Å². The van der Waals surface area contributed by atoms with E-state index in [9.17, 15) is 22.8 Å². The number of ether oxygens (including phenoxy) is 1. The van der Waals surface area contributed by atoms with Crippen molar-refractivity contribution in [3.05, 3.63) is 47.3 Å². The van der Waals surface area contributed by atoms with Crippen LogP contribution in [0.5, 0.6) is 5.75 Å². The van der Waals surface area contributed by atoms with Crippen molar-refractivity contribution in [2.45, 2.75) is 64.6 Å². The third-order valence-corrected chi connectivity index (χ3v) is 7.69. The van der Waals surface area contributed by atoms with Gasteiger partial charge in [-0.05, 0) is 56.7 Å². The van der Waals surface area contributed by atoms with Crippen LogP contribution in [0.2, 0.25) is 0 Å². The minimum Gasteiger partial charge on any atom is -0.491 e. The van der Waals surface area contributed by atoms with Crippen molar-refractivity contribution in [1.29, 1.82) is 0 Å². The van der Waals surface area contributed by atoms with Gasteiger partial charge < -0.3 is 14.5 Å². The average molecular weight is 521 g/mol. The highest BCUT2D eigenvalue weighted by Crippen LogP contribution is 2.39. The highest BCUT2D eigenvalue weighted by atomic mass is 19.4. The van der Waals surface area contributed by atoms with Gasteiger partial charge in [0.1, 0.15) is 12.4 Å². The third kappa shape index (κ3) is 6.27. The van der Waals surface area contributed by atoms with Crippen LogP contribution in [0.25, 0.3) is 0 Å². The number of piperidine rings is 1. The number of halogens is 3. The number of benzene rings is 1. The standard InChI is InChI=1S/C27H35F3N4O3/c1-20-19-23(27(28,29)30)31-34(20)14-10-24(35)33-15-12-26(13-16-33)11-6-5-8-21-7-3-4-9-22(21)37-18-17-32(2)25(26)36/h3-4,7,9,19H,5-6,8,10-18H2,1-2H3. The van der Waals surface area contributed by atoms with E-state index in [4.69, 9.17) is 4.74 Å². The van der Waals surface area contributed by atoms with Crippen molar-refractivity contribution in [2.75, 3.05) is 33.3 Å². The lowest BCUT2D eigenvalue weighted by Crippen LogP contribution is -2.51. The Kier molecular flexibility index (Phi) is 8.14. The van der Waals surface area contributed by atoms with Gasteiger partial charge in [-0.15, -0.1) is 0 Å². The first kappa shape index (κ1) is 27.0. The van der Waals surface area contributed by atoms with Gasteiger partial charge in [0.15, 0.2) is 5.69 Å². The van der Waals surface area contributed by atoms with Gasteiger partial charge in [-0.1, -0.05) is 24.6 Å². The molecule has 2 aromatic rings. The van der Waals surface area contributed by atoms with Crippen LogP contribution in [0.3, 0.4) is 0 Å². The third-order valence-electron chi connectivity index (χ3n) is 7.69. The summed E-state index contributed by atoms with van der Waals surface area (Å²) in [6.07, 6.45) is 0.239. The molecule has 10 heteroatoms. The Bertz CT molecular complexity index is 1110. The molecule has 1 spiro atoms. The highest BCUT2D eigenvalue weighted by Gasteiger charge is 2.43. The van der Waals surface area contributed by atoms with Gasteiger partial charge in [-0.2, -0.15) is 18.3 Å². The number of fused-ring (bicyclic) bond motifs is 1. The number of likely N-dealkylation sites (tertiary alicyclic amines) is 1. The maximum atomic E-state index is 13.6.